The van der Waals surface area contributed by atoms with Crippen LogP contribution in [0.3, 0.4) is 0 Å². The molecule has 0 unspecified atom stereocenters. The van der Waals surface area contributed by atoms with Crippen LogP contribution in [0.1, 0.15) is 0 Å². The summed E-state index contributed by atoms with van der Waals surface area (Å²) in [6.45, 7) is 0.888. The Balaban J connectivity index is 1.73. The van der Waals surface area contributed by atoms with Gasteiger partial charge in [0.25, 0.3) is 0 Å². The van der Waals surface area contributed by atoms with Gasteiger partial charge in [-0.3, -0.25) is 0 Å². The third kappa shape index (κ3) is 4.44. The normalized spacial score (nSPS) is 16.4. The third-order valence-corrected chi connectivity index (χ3v) is 11.4. The SMILES string of the molecule is [Se]=P1(c2ccccc2)CN(c2ccc(Br)cc2)CN(c2ccc(Br)cc2)C1. The van der Waals surface area contributed by atoms with E-state index in [0.717, 1.165) is 28.2 Å². The first-order valence-corrected chi connectivity index (χ1v) is 14.6. The van der Waals surface area contributed by atoms with Gasteiger partial charge in [-0.1, -0.05) is 0 Å². The molecule has 3 aromatic carbocycles. The molecule has 0 saturated carbocycles. The van der Waals surface area contributed by atoms with Crippen LogP contribution in [0.15, 0.2) is 87.8 Å². The van der Waals surface area contributed by atoms with Crippen molar-refractivity contribution in [1.29, 1.82) is 0 Å². The van der Waals surface area contributed by atoms with Crippen molar-refractivity contribution in [1.82, 2.24) is 0 Å². The summed E-state index contributed by atoms with van der Waals surface area (Å²) in [5.41, 5.74) is 1.04. The Morgan fingerprint density at radius 3 is 1.56 bits per heavy atom. The summed E-state index contributed by atoms with van der Waals surface area (Å²) in [7, 11) is 0. The molecule has 1 heterocycles. The van der Waals surface area contributed by atoms with Crippen LogP contribution in [0.25, 0.3) is 0 Å². The molecule has 0 N–H and O–H groups in total. The average Bonchev–Trinajstić information content (AvgIpc) is 2.69. The van der Waals surface area contributed by atoms with Gasteiger partial charge in [-0.25, -0.2) is 0 Å². The molecule has 0 radical (unpaired) electrons. The predicted octanol–water partition coefficient (Wildman–Crippen LogP) is 5.84. The summed E-state index contributed by atoms with van der Waals surface area (Å²) in [5, 5.41) is 1.44. The summed E-state index contributed by atoms with van der Waals surface area (Å²) >= 11 is 10.7. The quantitative estimate of drug-likeness (QED) is 0.289. The maximum absolute atomic E-state index is 3.64. The number of benzene rings is 3. The van der Waals surface area contributed by atoms with Crippen LogP contribution in [0.4, 0.5) is 11.4 Å². The monoisotopic (exact) mass is 568 g/mol. The Kier molecular flexibility index (Phi) is 5.97. The van der Waals surface area contributed by atoms with E-state index in [4.69, 9.17) is 0 Å². The number of nitrogens with zero attached hydrogens (tertiary/aromatic N) is 2. The van der Waals surface area contributed by atoms with E-state index < -0.39 is 5.51 Å². The Bertz CT molecular complexity index is 904. The first-order chi connectivity index (χ1) is 13.0. The number of halogens is 2. The molecule has 1 fully saturated rings. The molecule has 138 valence electrons. The zero-order chi connectivity index (χ0) is 18.9. The standard InChI is InChI=1S/C21H19Br2N2PSe/c22-17-6-10-19(11-7-17)24-14-25(20-12-8-18(23)9-13-20)16-26(27,15-24)21-4-2-1-3-5-21/h1-13H,14-16H2. The van der Waals surface area contributed by atoms with Gasteiger partial charge in [0.15, 0.2) is 0 Å². The molecule has 1 aliphatic heterocycles. The Labute approximate surface area is 185 Å². The fourth-order valence-corrected chi connectivity index (χ4v) is 9.17. The summed E-state index contributed by atoms with van der Waals surface area (Å²) in [6, 6.07) is 28.2. The molecule has 4 rings (SSSR count). The van der Waals surface area contributed by atoms with Gasteiger partial charge >= 0.3 is 186 Å². The Hall–Kier alpha value is -0.831. The number of rotatable bonds is 3. The van der Waals surface area contributed by atoms with Crippen molar-refractivity contribution in [3.63, 3.8) is 0 Å². The van der Waals surface area contributed by atoms with E-state index in [2.05, 4.69) is 136 Å². The molecule has 0 spiro atoms. The number of hydrogen-bond donors (Lipinski definition) is 0. The number of anilines is 2. The van der Waals surface area contributed by atoms with Crippen molar-refractivity contribution in [3.05, 3.63) is 87.8 Å². The Morgan fingerprint density at radius 1 is 0.667 bits per heavy atom. The van der Waals surface area contributed by atoms with Crippen molar-refractivity contribution in [2.45, 2.75) is 0 Å². The molecule has 0 aromatic heterocycles. The first-order valence-electron chi connectivity index (χ1n) is 8.68. The van der Waals surface area contributed by atoms with Crippen LogP contribution in [0.2, 0.25) is 0 Å². The van der Waals surface area contributed by atoms with Gasteiger partial charge in [0.2, 0.25) is 0 Å². The van der Waals surface area contributed by atoms with Crippen molar-refractivity contribution in [3.8, 4) is 0 Å². The number of hydrogen-bond acceptors (Lipinski definition) is 2. The molecule has 0 amide bonds. The first kappa shape index (κ1) is 19.5. The molecular weight excluding hydrogens is 550 g/mol. The van der Waals surface area contributed by atoms with E-state index in [1.54, 1.807) is 0 Å². The predicted molar refractivity (Wildman–Crippen MR) is 127 cm³/mol. The van der Waals surface area contributed by atoms with Gasteiger partial charge < -0.3 is 0 Å². The van der Waals surface area contributed by atoms with Crippen LogP contribution in [-0.4, -0.2) is 34.3 Å². The molecule has 1 aliphatic rings. The minimum absolute atomic E-state index is 0.888. The minimum atomic E-state index is -1.48. The van der Waals surface area contributed by atoms with Crippen LogP contribution in [0, 0.1) is 0 Å². The fourth-order valence-electron chi connectivity index (χ4n) is 3.39. The van der Waals surface area contributed by atoms with Gasteiger partial charge in [0.05, 0.1) is 0 Å². The summed E-state index contributed by atoms with van der Waals surface area (Å²) < 4.78 is 2.22. The molecule has 0 atom stereocenters. The molecule has 3 aromatic rings. The van der Waals surface area contributed by atoms with Crippen LogP contribution < -0.4 is 15.1 Å². The molecule has 6 heteroatoms. The van der Waals surface area contributed by atoms with Gasteiger partial charge in [-0.15, -0.1) is 0 Å². The van der Waals surface area contributed by atoms with E-state index in [1.165, 1.54) is 16.7 Å². The zero-order valence-electron chi connectivity index (χ0n) is 14.6. The van der Waals surface area contributed by atoms with Gasteiger partial charge in [0.1, 0.15) is 0 Å². The molecule has 0 bridgehead atoms. The zero-order valence-corrected chi connectivity index (χ0v) is 20.4. The van der Waals surface area contributed by atoms with Gasteiger partial charge in [0, 0.05) is 0 Å². The molecule has 1 saturated heterocycles. The summed E-state index contributed by atoms with van der Waals surface area (Å²) in [5.74, 6) is 0. The van der Waals surface area contributed by atoms with Crippen LogP contribution in [0.5, 0.6) is 0 Å². The second-order valence-electron chi connectivity index (χ2n) is 6.68. The van der Waals surface area contributed by atoms with E-state index in [9.17, 15) is 0 Å². The van der Waals surface area contributed by atoms with Gasteiger partial charge in [-0.2, -0.15) is 0 Å². The maximum atomic E-state index is 3.64. The van der Waals surface area contributed by atoms with E-state index in [1.807, 2.05) is 0 Å². The molecule has 0 aliphatic carbocycles. The van der Waals surface area contributed by atoms with Crippen LogP contribution in [-0.2, 0) is 0 Å². The molecule has 2 nitrogen and oxygen atoms in total. The molecule has 27 heavy (non-hydrogen) atoms. The van der Waals surface area contributed by atoms with Gasteiger partial charge in [-0.05, 0) is 0 Å². The van der Waals surface area contributed by atoms with Crippen molar-refractivity contribution in [2.75, 3.05) is 29.0 Å². The third-order valence-electron chi connectivity index (χ3n) is 4.75. The summed E-state index contributed by atoms with van der Waals surface area (Å²) in [6.07, 6.45) is 2.09. The summed E-state index contributed by atoms with van der Waals surface area (Å²) in [4.78, 5) is 4.99. The van der Waals surface area contributed by atoms with Crippen LogP contribution >= 0.6 is 37.4 Å². The second kappa shape index (κ2) is 8.27. The van der Waals surface area contributed by atoms with Crippen molar-refractivity contribution >= 4 is 69.1 Å². The van der Waals surface area contributed by atoms with E-state index in [0.29, 0.717) is 0 Å². The Morgan fingerprint density at radius 2 is 1.11 bits per heavy atom. The molecular formula is C21H19Br2N2PSe. The van der Waals surface area contributed by atoms with Crippen molar-refractivity contribution < 1.29 is 0 Å². The van der Waals surface area contributed by atoms with E-state index >= 15 is 0 Å². The topological polar surface area (TPSA) is 6.48 Å². The van der Waals surface area contributed by atoms with E-state index in [-0.39, 0.29) is 0 Å². The average molecular weight is 569 g/mol. The van der Waals surface area contributed by atoms with Crippen molar-refractivity contribution in [2.24, 2.45) is 0 Å². The second-order valence-corrected chi connectivity index (χ2v) is 15.8. The fraction of sp³-hybridized carbons (Fsp3) is 0.143.